The number of ether oxygens (including phenoxy) is 4. The number of nitrogens with zero attached hydrogens (tertiary/aromatic N) is 3. The lowest BCUT2D eigenvalue weighted by atomic mass is 10.1. The molecule has 2 aromatic carbocycles. The summed E-state index contributed by atoms with van der Waals surface area (Å²) in [4.78, 5) is 20.5. The molecule has 0 saturated heterocycles. The Morgan fingerprint density at radius 1 is 1.09 bits per heavy atom. The molecule has 0 aliphatic carbocycles. The molecule has 0 fully saturated rings. The number of methoxy groups -OCH3 is 2. The molecule has 0 atom stereocenters. The Labute approximate surface area is 185 Å². The van der Waals surface area contributed by atoms with Crippen LogP contribution in [0.5, 0.6) is 23.3 Å². The highest BCUT2D eigenvalue weighted by Gasteiger charge is 2.24. The van der Waals surface area contributed by atoms with Gasteiger partial charge < -0.3 is 18.9 Å². The lowest BCUT2D eigenvalue weighted by Crippen LogP contribution is -2.08. The van der Waals surface area contributed by atoms with Gasteiger partial charge in [-0.15, -0.1) is 0 Å². The van der Waals surface area contributed by atoms with Crippen molar-refractivity contribution >= 4 is 11.5 Å². The molecule has 8 heteroatoms. The van der Waals surface area contributed by atoms with Crippen molar-refractivity contribution in [2.24, 2.45) is 0 Å². The number of carbonyl (C=O) groups excluding carboxylic acids is 1. The average Bonchev–Trinajstić information content (AvgIpc) is 2.84. The lowest BCUT2D eigenvalue weighted by Gasteiger charge is -2.14. The van der Waals surface area contributed by atoms with Crippen LogP contribution >= 0.6 is 0 Å². The highest BCUT2D eigenvalue weighted by molar-refractivity contribution is 6.17. The molecule has 162 valence electrons. The van der Waals surface area contributed by atoms with E-state index in [2.05, 4.69) is 16.0 Å². The van der Waals surface area contributed by atoms with Crippen molar-refractivity contribution in [2.75, 3.05) is 14.2 Å². The van der Waals surface area contributed by atoms with Crippen LogP contribution in [0, 0.1) is 11.3 Å². The predicted octanol–water partition coefficient (Wildman–Crippen LogP) is 4.30. The maximum absolute atomic E-state index is 12.2. The zero-order chi connectivity index (χ0) is 22.9. The van der Waals surface area contributed by atoms with Crippen LogP contribution in [0.15, 0.2) is 60.9 Å². The Morgan fingerprint density at radius 3 is 2.59 bits per heavy atom. The maximum atomic E-state index is 12.2. The Hall–Kier alpha value is -4.38. The van der Waals surface area contributed by atoms with Crippen molar-refractivity contribution in [1.82, 2.24) is 9.97 Å². The summed E-state index contributed by atoms with van der Waals surface area (Å²) >= 11 is 0. The number of hydrogen-bond donors (Lipinski definition) is 0. The molecular weight excluding hydrogens is 410 g/mol. The number of hydrogen-bond acceptors (Lipinski definition) is 8. The van der Waals surface area contributed by atoms with Crippen molar-refractivity contribution < 1.29 is 23.7 Å². The fourth-order valence-electron chi connectivity index (χ4n) is 2.95. The first-order valence-electron chi connectivity index (χ1n) is 9.64. The zero-order valence-corrected chi connectivity index (χ0v) is 17.9. The van der Waals surface area contributed by atoms with Crippen LogP contribution < -0.4 is 14.2 Å². The summed E-state index contributed by atoms with van der Waals surface area (Å²) in [5.74, 6) is 0.732. The van der Waals surface area contributed by atoms with Crippen LogP contribution in [0.4, 0.5) is 0 Å². The summed E-state index contributed by atoms with van der Waals surface area (Å²) in [5, 5.41) is 9.20. The molecule has 0 bridgehead atoms. The van der Waals surface area contributed by atoms with E-state index in [4.69, 9.17) is 18.9 Å². The second-order valence-corrected chi connectivity index (χ2v) is 6.40. The largest absolute Gasteiger partial charge is 0.488 e. The van der Waals surface area contributed by atoms with Gasteiger partial charge in [0.2, 0.25) is 11.8 Å². The molecule has 0 saturated carbocycles. The van der Waals surface area contributed by atoms with E-state index in [0.29, 0.717) is 17.1 Å². The van der Waals surface area contributed by atoms with Crippen LogP contribution in [-0.2, 0) is 16.1 Å². The molecule has 0 N–H and O–H groups in total. The number of esters is 1. The molecule has 32 heavy (non-hydrogen) atoms. The van der Waals surface area contributed by atoms with E-state index >= 15 is 0 Å². The van der Waals surface area contributed by atoms with Gasteiger partial charge in [0.15, 0.2) is 0 Å². The van der Waals surface area contributed by atoms with E-state index in [0.717, 1.165) is 5.56 Å². The second-order valence-electron chi connectivity index (χ2n) is 6.40. The summed E-state index contributed by atoms with van der Waals surface area (Å²) in [6.45, 7) is 1.93. The Kier molecular flexibility index (Phi) is 7.38. The van der Waals surface area contributed by atoms with Gasteiger partial charge in [-0.3, -0.25) is 0 Å². The van der Waals surface area contributed by atoms with E-state index in [1.165, 1.54) is 20.5 Å². The van der Waals surface area contributed by atoms with Crippen molar-refractivity contribution in [2.45, 2.75) is 13.5 Å². The monoisotopic (exact) mass is 431 g/mol. The number of rotatable bonds is 8. The molecule has 0 spiro atoms. The van der Waals surface area contributed by atoms with Gasteiger partial charge in [-0.05, 0) is 36.8 Å². The molecule has 3 rings (SSSR count). The number of nitriles is 1. The number of aromatic nitrogens is 2. The van der Waals surface area contributed by atoms with E-state index < -0.39 is 5.97 Å². The summed E-state index contributed by atoms with van der Waals surface area (Å²) in [5.41, 5.74) is 1.78. The molecular formula is C24H21N3O5. The molecule has 0 amide bonds. The highest BCUT2D eigenvalue weighted by Crippen LogP contribution is 2.35. The van der Waals surface area contributed by atoms with Gasteiger partial charge in [0.1, 0.15) is 36.1 Å². The maximum Gasteiger partial charge on any atom is 0.338 e. The van der Waals surface area contributed by atoms with Crippen LogP contribution in [-0.4, -0.2) is 30.2 Å². The summed E-state index contributed by atoms with van der Waals surface area (Å²) in [6, 6.07) is 16.3. The molecule has 1 heterocycles. The van der Waals surface area contributed by atoms with Crippen LogP contribution in [0.3, 0.4) is 0 Å². The third-order valence-electron chi connectivity index (χ3n) is 4.45. The Balaban J connectivity index is 1.87. The van der Waals surface area contributed by atoms with Crippen molar-refractivity contribution in [3.8, 4) is 29.3 Å². The van der Waals surface area contributed by atoms with Gasteiger partial charge in [0.25, 0.3) is 0 Å². The lowest BCUT2D eigenvalue weighted by molar-refractivity contribution is -0.133. The topological polar surface area (TPSA) is 104 Å². The quantitative estimate of drug-likeness (QED) is 0.384. The third kappa shape index (κ3) is 5.02. The van der Waals surface area contributed by atoms with Crippen LogP contribution in [0.1, 0.15) is 23.6 Å². The molecule has 0 aliphatic rings. The zero-order valence-electron chi connectivity index (χ0n) is 17.9. The minimum atomic E-state index is -0.566. The number of carbonyl (C=O) groups is 1. The van der Waals surface area contributed by atoms with Crippen molar-refractivity contribution in [3.63, 3.8) is 0 Å². The molecule has 3 aromatic rings. The van der Waals surface area contributed by atoms with E-state index in [9.17, 15) is 10.1 Å². The Bertz CT molecular complexity index is 1180. The first-order chi connectivity index (χ1) is 15.6. The van der Waals surface area contributed by atoms with Gasteiger partial charge in [0, 0.05) is 0 Å². The smallest absolute Gasteiger partial charge is 0.338 e. The van der Waals surface area contributed by atoms with Gasteiger partial charge in [0.05, 0.1) is 25.4 Å². The van der Waals surface area contributed by atoms with E-state index in [1.54, 1.807) is 55.5 Å². The summed E-state index contributed by atoms with van der Waals surface area (Å²) in [6.07, 6.45) is 2.87. The average molecular weight is 431 g/mol. The van der Waals surface area contributed by atoms with Gasteiger partial charge in [-0.2, -0.15) is 5.26 Å². The SMILES string of the molecule is CC=C(C(=O)OC)c1c(OC)ncnc1Oc1cccc(COc2ccccc2C#N)c1. The first-order valence-corrected chi connectivity index (χ1v) is 9.64. The van der Waals surface area contributed by atoms with Crippen molar-refractivity contribution in [3.05, 3.63) is 77.6 Å². The predicted molar refractivity (Wildman–Crippen MR) is 116 cm³/mol. The molecule has 0 radical (unpaired) electrons. The third-order valence-corrected chi connectivity index (χ3v) is 4.45. The van der Waals surface area contributed by atoms with Gasteiger partial charge >= 0.3 is 5.97 Å². The van der Waals surface area contributed by atoms with E-state index in [-0.39, 0.29) is 29.5 Å². The number of benzene rings is 2. The Morgan fingerprint density at radius 2 is 1.88 bits per heavy atom. The van der Waals surface area contributed by atoms with Crippen LogP contribution in [0.25, 0.3) is 5.57 Å². The summed E-state index contributed by atoms with van der Waals surface area (Å²) < 4.78 is 21.9. The normalized spacial score (nSPS) is 10.8. The minimum Gasteiger partial charge on any atom is -0.488 e. The van der Waals surface area contributed by atoms with Gasteiger partial charge in [-0.25, -0.2) is 14.8 Å². The minimum absolute atomic E-state index is 0.142. The molecule has 8 nitrogen and oxygen atoms in total. The van der Waals surface area contributed by atoms with Gasteiger partial charge in [-0.1, -0.05) is 30.3 Å². The fraction of sp³-hybridized carbons (Fsp3) is 0.167. The first kappa shape index (κ1) is 22.3. The number of allylic oxidation sites excluding steroid dienone is 1. The molecule has 1 aromatic heterocycles. The molecule has 0 aliphatic heterocycles. The number of para-hydroxylation sites is 1. The standard InChI is InChI=1S/C24H21N3O5/c1-4-19(24(28)30-3)21-22(29-2)26-15-27-23(21)32-18-10-7-8-16(12-18)14-31-20-11-6-5-9-17(20)13-25/h4-12,15H,14H2,1-3H3. The van der Waals surface area contributed by atoms with E-state index in [1.807, 2.05) is 6.07 Å². The second kappa shape index (κ2) is 10.6. The molecule has 0 unspecified atom stereocenters. The van der Waals surface area contributed by atoms with Crippen LogP contribution in [0.2, 0.25) is 0 Å². The highest BCUT2D eigenvalue weighted by atomic mass is 16.5. The fourth-order valence-corrected chi connectivity index (χ4v) is 2.95. The van der Waals surface area contributed by atoms with Crippen molar-refractivity contribution in [1.29, 1.82) is 5.26 Å². The summed E-state index contributed by atoms with van der Waals surface area (Å²) in [7, 11) is 2.73.